The van der Waals surface area contributed by atoms with Crippen molar-refractivity contribution in [2.24, 2.45) is 0 Å². The summed E-state index contributed by atoms with van der Waals surface area (Å²) in [5.41, 5.74) is 1.10. The molecule has 0 atom stereocenters. The molecule has 1 aromatic heterocycles. The van der Waals surface area contributed by atoms with Gasteiger partial charge in [0.2, 0.25) is 0 Å². The highest BCUT2D eigenvalue weighted by molar-refractivity contribution is 6.31. The molecule has 0 saturated heterocycles. The summed E-state index contributed by atoms with van der Waals surface area (Å²) in [5.74, 6) is 0.124. The van der Waals surface area contributed by atoms with E-state index in [-0.39, 0.29) is 17.5 Å². The Morgan fingerprint density at radius 2 is 2.19 bits per heavy atom. The number of methoxy groups -OCH3 is 1. The van der Waals surface area contributed by atoms with Gasteiger partial charge < -0.3 is 15.0 Å². The average Bonchev–Trinajstić information content (AvgIpc) is 2.45. The molecule has 0 fully saturated rings. The fraction of sp³-hybridized carbons (Fsp3) is 0.200. The van der Waals surface area contributed by atoms with Gasteiger partial charge in [-0.2, -0.15) is 0 Å². The molecule has 0 bridgehead atoms. The summed E-state index contributed by atoms with van der Waals surface area (Å²) in [6.45, 7) is 1.92. The Kier molecular flexibility index (Phi) is 4.65. The van der Waals surface area contributed by atoms with E-state index in [0.29, 0.717) is 22.0 Å². The molecule has 0 saturated carbocycles. The van der Waals surface area contributed by atoms with Gasteiger partial charge in [0.1, 0.15) is 11.3 Å². The van der Waals surface area contributed by atoms with Gasteiger partial charge in [-0.05, 0) is 19.1 Å². The van der Waals surface area contributed by atoms with Crippen LogP contribution in [0.2, 0.25) is 5.02 Å². The van der Waals surface area contributed by atoms with E-state index in [0.717, 1.165) is 0 Å². The Labute approximate surface area is 126 Å². The van der Waals surface area contributed by atoms with Gasteiger partial charge in [-0.1, -0.05) is 17.7 Å². The fourth-order valence-electron chi connectivity index (χ4n) is 1.92. The Morgan fingerprint density at radius 1 is 1.43 bits per heavy atom. The van der Waals surface area contributed by atoms with Crippen LogP contribution in [0.15, 0.2) is 35.3 Å². The van der Waals surface area contributed by atoms with Gasteiger partial charge in [-0.15, -0.1) is 0 Å². The van der Waals surface area contributed by atoms with Gasteiger partial charge in [0.25, 0.3) is 5.91 Å². The molecule has 0 aliphatic carbocycles. The highest BCUT2D eigenvalue weighted by Gasteiger charge is 2.13. The molecule has 1 amide bonds. The maximum Gasteiger partial charge on any atom is 0.257 e. The van der Waals surface area contributed by atoms with Gasteiger partial charge in [0.15, 0.2) is 5.43 Å². The zero-order valence-corrected chi connectivity index (χ0v) is 12.5. The average molecular weight is 307 g/mol. The second kappa shape index (κ2) is 6.45. The second-order valence-corrected chi connectivity index (χ2v) is 4.90. The molecule has 2 aromatic rings. The van der Waals surface area contributed by atoms with Crippen LogP contribution in [0.4, 0.5) is 0 Å². The maximum atomic E-state index is 12.0. The summed E-state index contributed by atoms with van der Waals surface area (Å²) < 4.78 is 5.20. The van der Waals surface area contributed by atoms with Gasteiger partial charge in [-0.25, -0.2) is 0 Å². The van der Waals surface area contributed by atoms with E-state index < -0.39 is 5.91 Å². The number of pyridine rings is 1. The lowest BCUT2D eigenvalue weighted by molar-refractivity contribution is 0.0949. The van der Waals surface area contributed by atoms with Crippen molar-refractivity contribution in [1.82, 2.24) is 10.3 Å². The van der Waals surface area contributed by atoms with Crippen molar-refractivity contribution in [3.8, 4) is 5.75 Å². The Hall–Kier alpha value is -2.27. The molecule has 0 aliphatic rings. The second-order valence-electron chi connectivity index (χ2n) is 4.50. The Morgan fingerprint density at radius 3 is 2.86 bits per heavy atom. The number of nitrogens with one attached hydrogen (secondary N) is 2. The predicted molar refractivity (Wildman–Crippen MR) is 81.0 cm³/mol. The van der Waals surface area contributed by atoms with Crippen molar-refractivity contribution >= 4 is 17.5 Å². The highest BCUT2D eigenvalue weighted by atomic mass is 35.5. The molecule has 21 heavy (non-hydrogen) atoms. The van der Waals surface area contributed by atoms with Gasteiger partial charge in [0.05, 0.1) is 7.11 Å². The number of hydrogen-bond acceptors (Lipinski definition) is 3. The molecule has 1 heterocycles. The molecule has 0 aliphatic heterocycles. The van der Waals surface area contributed by atoms with Crippen molar-refractivity contribution in [3.63, 3.8) is 0 Å². The largest absolute Gasteiger partial charge is 0.496 e. The zero-order chi connectivity index (χ0) is 15.4. The van der Waals surface area contributed by atoms with Crippen molar-refractivity contribution in [1.29, 1.82) is 0 Å². The summed E-state index contributed by atoms with van der Waals surface area (Å²) in [4.78, 5) is 26.6. The van der Waals surface area contributed by atoms with Crippen LogP contribution >= 0.6 is 11.6 Å². The molecule has 6 heteroatoms. The summed E-state index contributed by atoms with van der Waals surface area (Å²) in [6, 6.07) is 6.61. The molecule has 0 radical (unpaired) electrons. The molecular formula is C15H15ClN2O3. The standard InChI is InChI=1S/C15H15ClN2O3/c1-9-6-13(19)11(8-17-9)15(20)18-7-10-12(16)4-3-5-14(10)21-2/h3-6,8H,7H2,1-2H3,(H,17,19)(H,18,20). The minimum absolute atomic E-state index is 0.0617. The van der Waals surface area contributed by atoms with E-state index in [1.807, 2.05) is 0 Å². The van der Waals surface area contributed by atoms with Crippen LogP contribution in [-0.4, -0.2) is 18.0 Å². The van der Waals surface area contributed by atoms with Crippen LogP contribution in [0, 0.1) is 6.92 Å². The van der Waals surface area contributed by atoms with Crippen molar-refractivity contribution in [2.45, 2.75) is 13.5 Å². The first-order valence-corrected chi connectivity index (χ1v) is 6.69. The molecule has 0 spiro atoms. The third kappa shape index (κ3) is 3.44. The minimum atomic E-state index is -0.460. The summed E-state index contributed by atoms with van der Waals surface area (Å²) in [6.07, 6.45) is 1.40. The minimum Gasteiger partial charge on any atom is -0.496 e. The fourth-order valence-corrected chi connectivity index (χ4v) is 2.15. The smallest absolute Gasteiger partial charge is 0.257 e. The Balaban J connectivity index is 2.17. The Bertz CT molecular complexity index is 725. The maximum absolute atomic E-state index is 12.0. The van der Waals surface area contributed by atoms with Gasteiger partial charge in [0, 0.05) is 35.1 Å². The number of amides is 1. The van der Waals surface area contributed by atoms with Crippen molar-refractivity contribution < 1.29 is 9.53 Å². The number of H-pyrrole nitrogens is 1. The normalized spacial score (nSPS) is 10.2. The number of aromatic amines is 1. The van der Waals surface area contributed by atoms with Crippen LogP contribution in [0.5, 0.6) is 5.75 Å². The van der Waals surface area contributed by atoms with E-state index in [9.17, 15) is 9.59 Å². The third-order valence-electron chi connectivity index (χ3n) is 3.02. The highest BCUT2D eigenvalue weighted by Crippen LogP contribution is 2.25. The lowest BCUT2D eigenvalue weighted by Crippen LogP contribution is -2.28. The SMILES string of the molecule is COc1cccc(Cl)c1CNC(=O)c1c[nH]c(C)cc1=O. The number of carbonyl (C=O) groups is 1. The first kappa shape index (κ1) is 15.1. The van der Waals surface area contributed by atoms with Crippen LogP contribution in [0.3, 0.4) is 0 Å². The number of carbonyl (C=O) groups excluding carboxylic acids is 1. The zero-order valence-electron chi connectivity index (χ0n) is 11.7. The van der Waals surface area contributed by atoms with Crippen molar-refractivity contribution in [3.05, 3.63) is 62.5 Å². The number of hydrogen-bond donors (Lipinski definition) is 2. The summed E-state index contributed by atoms with van der Waals surface area (Å²) in [7, 11) is 1.53. The van der Waals surface area contributed by atoms with Crippen LogP contribution in [-0.2, 0) is 6.54 Å². The predicted octanol–water partition coefficient (Wildman–Crippen LogP) is 2.28. The first-order valence-electron chi connectivity index (χ1n) is 6.32. The van der Waals surface area contributed by atoms with E-state index in [2.05, 4.69) is 10.3 Å². The number of aromatic nitrogens is 1. The number of halogens is 1. The molecule has 5 nitrogen and oxygen atoms in total. The molecule has 0 unspecified atom stereocenters. The molecule has 110 valence electrons. The summed E-state index contributed by atoms with van der Waals surface area (Å²) >= 11 is 6.09. The van der Waals surface area contributed by atoms with Gasteiger partial charge in [-0.3, -0.25) is 9.59 Å². The lowest BCUT2D eigenvalue weighted by atomic mass is 10.2. The third-order valence-corrected chi connectivity index (χ3v) is 3.38. The van der Waals surface area contributed by atoms with Crippen LogP contribution < -0.4 is 15.5 Å². The first-order chi connectivity index (χ1) is 10.0. The quantitative estimate of drug-likeness (QED) is 0.910. The molecule has 2 N–H and O–H groups in total. The van der Waals surface area contributed by atoms with Crippen LogP contribution in [0.1, 0.15) is 21.6 Å². The number of benzene rings is 1. The van der Waals surface area contributed by atoms with Gasteiger partial charge >= 0.3 is 0 Å². The lowest BCUT2D eigenvalue weighted by Gasteiger charge is -2.11. The number of rotatable bonds is 4. The monoisotopic (exact) mass is 306 g/mol. The number of ether oxygens (including phenoxy) is 1. The van der Waals surface area contributed by atoms with E-state index in [4.69, 9.17) is 16.3 Å². The van der Waals surface area contributed by atoms with E-state index in [1.165, 1.54) is 19.4 Å². The summed E-state index contributed by atoms with van der Waals surface area (Å²) in [5, 5.41) is 3.16. The molecule has 2 rings (SSSR count). The molecule has 1 aromatic carbocycles. The topological polar surface area (TPSA) is 71.2 Å². The van der Waals surface area contributed by atoms with Crippen molar-refractivity contribution in [2.75, 3.05) is 7.11 Å². The van der Waals surface area contributed by atoms with Crippen LogP contribution in [0.25, 0.3) is 0 Å². The molecular weight excluding hydrogens is 292 g/mol. The van der Waals surface area contributed by atoms with E-state index in [1.54, 1.807) is 25.1 Å². The van der Waals surface area contributed by atoms with E-state index >= 15 is 0 Å². The number of aryl methyl sites for hydroxylation is 1.